The van der Waals surface area contributed by atoms with E-state index < -0.39 is 20.9 Å². The van der Waals surface area contributed by atoms with E-state index in [-0.39, 0.29) is 5.82 Å². The van der Waals surface area contributed by atoms with E-state index in [4.69, 9.17) is 5.14 Å². The lowest BCUT2D eigenvalue weighted by Crippen LogP contribution is -2.41. The number of halogens is 2. The van der Waals surface area contributed by atoms with Crippen molar-refractivity contribution in [1.29, 1.82) is 0 Å². The van der Waals surface area contributed by atoms with Crippen molar-refractivity contribution < 1.29 is 12.8 Å². The van der Waals surface area contributed by atoms with Gasteiger partial charge in [0, 0.05) is 12.4 Å². The summed E-state index contributed by atoms with van der Waals surface area (Å²) in [4.78, 5) is 7.46. The number of aromatic nitrogens is 2. The summed E-state index contributed by atoms with van der Waals surface area (Å²) >= 11 is 3.10. The SMILES string of the molecule is C[C@H]([C@@](C)(F)c1ncc(Br)cn1)S(N)(=O)=O. The Kier molecular flexibility index (Phi) is 3.65. The van der Waals surface area contributed by atoms with E-state index in [0.717, 1.165) is 6.92 Å². The van der Waals surface area contributed by atoms with Crippen molar-refractivity contribution in [3.63, 3.8) is 0 Å². The molecule has 5 nitrogen and oxygen atoms in total. The summed E-state index contributed by atoms with van der Waals surface area (Å²) in [7, 11) is -3.99. The lowest BCUT2D eigenvalue weighted by Gasteiger charge is -2.24. The zero-order valence-corrected chi connectivity index (χ0v) is 11.1. The minimum atomic E-state index is -3.99. The molecule has 0 radical (unpaired) electrons. The number of hydrogen-bond acceptors (Lipinski definition) is 4. The first kappa shape index (κ1) is 13.5. The Bertz CT molecular complexity index is 475. The fraction of sp³-hybridized carbons (Fsp3) is 0.500. The van der Waals surface area contributed by atoms with Crippen LogP contribution in [0, 0.1) is 0 Å². The van der Waals surface area contributed by atoms with Crippen LogP contribution in [0.3, 0.4) is 0 Å². The molecule has 0 aliphatic carbocycles. The van der Waals surface area contributed by atoms with Crippen LogP contribution >= 0.6 is 15.9 Å². The van der Waals surface area contributed by atoms with Crippen LogP contribution in [0.25, 0.3) is 0 Å². The molecule has 2 N–H and O–H groups in total. The molecule has 0 aromatic carbocycles. The highest BCUT2D eigenvalue weighted by atomic mass is 79.9. The average molecular weight is 312 g/mol. The van der Waals surface area contributed by atoms with Gasteiger partial charge in [0.15, 0.2) is 11.5 Å². The van der Waals surface area contributed by atoms with E-state index in [0.29, 0.717) is 4.47 Å². The summed E-state index contributed by atoms with van der Waals surface area (Å²) in [6.45, 7) is 2.27. The summed E-state index contributed by atoms with van der Waals surface area (Å²) in [5.41, 5.74) is -2.23. The van der Waals surface area contributed by atoms with Gasteiger partial charge in [0.25, 0.3) is 0 Å². The number of nitrogens with two attached hydrogens (primary N) is 1. The van der Waals surface area contributed by atoms with Gasteiger partial charge in [-0.1, -0.05) is 0 Å². The topological polar surface area (TPSA) is 85.9 Å². The molecule has 0 amide bonds. The predicted octanol–water partition coefficient (Wildman–Crippen LogP) is 1.10. The predicted molar refractivity (Wildman–Crippen MR) is 60.8 cm³/mol. The number of nitrogens with zero attached hydrogens (tertiary/aromatic N) is 2. The van der Waals surface area contributed by atoms with Crippen molar-refractivity contribution in [3.8, 4) is 0 Å². The first-order chi connectivity index (χ1) is 7.15. The zero-order valence-electron chi connectivity index (χ0n) is 8.68. The van der Waals surface area contributed by atoms with Crippen molar-refractivity contribution in [2.24, 2.45) is 5.14 Å². The van der Waals surface area contributed by atoms with Gasteiger partial charge in [-0.25, -0.2) is 27.9 Å². The normalized spacial score (nSPS) is 17.8. The maximum atomic E-state index is 14.2. The van der Waals surface area contributed by atoms with Gasteiger partial charge in [-0.2, -0.15) is 0 Å². The maximum absolute atomic E-state index is 14.2. The third-order valence-electron chi connectivity index (χ3n) is 2.31. The maximum Gasteiger partial charge on any atom is 0.215 e. The molecule has 0 bridgehead atoms. The minimum absolute atomic E-state index is 0.211. The summed E-state index contributed by atoms with van der Waals surface area (Å²) in [6, 6.07) is 0. The molecule has 2 atom stereocenters. The van der Waals surface area contributed by atoms with Crippen LogP contribution < -0.4 is 5.14 Å². The van der Waals surface area contributed by atoms with E-state index >= 15 is 0 Å². The Morgan fingerprint density at radius 2 is 1.94 bits per heavy atom. The summed E-state index contributed by atoms with van der Waals surface area (Å²) in [5, 5.41) is 3.48. The highest BCUT2D eigenvalue weighted by Crippen LogP contribution is 2.29. The number of alkyl halides is 1. The summed E-state index contributed by atoms with van der Waals surface area (Å²) in [5.74, 6) is -0.211. The van der Waals surface area contributed by atoms with E-state index in [2.05, 4.69) is 25.9 Å². The standard InChI is InChI=1S/C8H11BrFN3O2S/c1-5(16(11,14)15)8(2,10)7-12-3-6(9)4-13-7/h3-5H,1-2H3,(H2,11,14,15)/t5-,8-/m1/s1. The number of rotatable bonds is 3. The third kappa shape index (κ3) is 2.74. The molecule has 90 valence electrons. The average Bonchev–Trinajstić information content (AvgIpc) is 2.16. The molecule has 0 spiro atoms. The van der Waals surface area contributed by atoms with Crippen LogP contribution in [0.1, 0.15) is 19.7 Å². The fourth-order valence-electron chi connectivity index (χ4n) is 1.06. The molecule has 1 rings (SSSR count). The van der Waals surface area contributed by atoms with Crippen molar-refractivity contribution in [2.45, 2.75) is 24.8 Å². The van der Waals surface area contributed by atoms with Gasteiger partial charge in [0.1, 0.15) is 5.25 Å². The highest BCUT2D eigenvalue weighted by Gasteiger charge is 2.42. The van der Waals surface area contributed by atoms with E-state index in [1.807, 2.05) is 0 Å². The third-order valence-corrected chi connectivity index (χ3v) is 4.15. The second-order valence-electron chi connectivity index (χ2n) is 3.53. The van der Waals surface area contributed by atoms with Gasteiger partial charge >= 0.3 is 0 Å². The van der Waals surface area contributed by atoms with Crippen molar-refractivity contribution in [3.05, 3.63) is 22.7 Å². The van der Waals surface area contributed by atoms with Crippen molar-refractivity contribution in [1.82, 2.24) is 9.97 Å². The first-order valence-electron chi connectivity index (χ1n) is 4.34. The highest BCUT2D eigenvalue weighted by molar-refractivity contribution is 9.10. The van der Waals surface area contributed by atoms with Crippen LogP contribution in [0.5, 0.6) is 0 Å². The molecular formula is C8H11BrFN3O2S. The Labute approximate surface area is 101 Å². The first-order valence-corrected chi connectivity index (χ1v) is 6.74. The molecular weight excluding hydrogens is 301 g/mol. The molecule has 0 aliphatic heterocycles. The smallest absolute Gasteiger partial charge is 0.215 e. The van der Waals surface area contributed by atoms with Crippen molar-refractivity contribution >= 4 is 26.0 Å². The number of sulfonamides is 1. The van der Waals surface area contributed by atoms with E-state index in [1.165, 1.54) is 19.3 Å². The number of hydrogen-bond donors (Lipinski definition) is 1. The fourth-order valence-corrected chi connectivity index (χ4v) is 1.98. The molecule has 0 saturated carbocycles. The van der Waals surface area contributed by atoms with Gasteiger partial charge in [-0.05, 0) is 29.8 Å². The van der Waals surface area contributed by atoms with Gasteiger partial charge in [0.2, 0.25) is 10.0 Å². The number of primary sulfonamides is 1. The monoisotopic (exact) mass is 311 g/mol. The Morgan fingerprint density at radius 1 is 1.50 bits per heavy atom. The Balaban J connectivity index is 3.16. The Morgan fingerprint density at radius 3 is 2.31 bits per heavy atom. The zero-order chi connectivity index (χ0) is 12.6. The van der Waals surface area contributed by atoms with Crippen LogP contribution in [-0.2, 0) is 15.7 Å². The molecule has 1 heterocycles. The van der Waals surface area contributed by atoms with Crippen LogP contribution in [0.4, 0.5) is 4.39 Å². The molecule has 1 aromatic rings. The van der Waals surface area contributed by atoms with Crippen molar-refractivity contribution in [2.75, 3.05) is 0 Å². The lowest BCUT2D eigenvalue weighted by atomic mass is 10.0. The van der Waals surface area contributed by atoms with Crippen LogP contribution in [-0.4, -0.2) is 23.6 Å². The molecule has 16 heavy (non-hydrogen) atoms. The van der Waals surface area contributed by atoms with E-state index in [9.17, 15) is 12.8 Å². The summed E-state index contributed by atoms with van der Waals surface area (Å²) in [6.07, 6.45) is 2.69. The van der Waals surface area contributed by atoms with E-state index in [1.54, 1.807) is 0 Å². The van der Waals surface area contributed by atoms with Gasteiger partial charge in [-0.3, -0.25) is 0 Å². The van der Waals surface area contributed by atoms with Gasteiger partial charge in [0.05, 0.1) is 4.47 Å². The second-order valence-corrected chi connectivity index (χ2v) is 6.33. The lowest BCUT2D eigenvalue weighted by molar-refractivity contribution is 0.174. The molecule has 0 aliphatic rings. The molecule has 0 saturated heterocycles. The van der Waals surface area contributed by atoms with Crippen LogP contribution in [0.2, 0.25) is 0 Å². The molecule has 0 fully saturated rings. The van der Waals surface area contributed by atoms with Gasteiger partial charge < -0.3 is 0 Å². The second kappa shape index (κ2) is 4.34. The summed E-state index contributed by atoms with van der Waals surface area (Å²) < 4.78 is 37.0. The quantitative estimate of drug-likeness (QED) is 0.905. The van der Waals surface area contributed by atoms with Gasteiger partial charge in [-0.15, -0.1) is 0 Å². The molecule has 1 aromatic heterocycles. The molecule has 0 unspecified atom stereocenters. The Hall–Kier alpha value is -0.600. The molecule has 8 heteroatoms. The minimum Gasteiger partial charge on any atom is -0.237 e. The largest absolute Gasteiger partial charge is 0.237 e. The van der Waals surface area contributed by atoms with Crippen LogP contribution in [0.15, 0.2) is 16.9 Å².